The van der Waals surface area contributed by atoms with Crippen LogP contribution in [0, 0.1) is 0 Å². The van der Waals surface area contributed by atoms with Gasteiger partial charge in [0, 0.05) is 6.54 Å². The minimum atomic E-state index is -0.343. The van der Waals surface area contributed by atoms with E-state index in [0.29, 0.717) is 12.6 Å². The molecule has 0 bridgehead atoms. The third-order valence-electron chi connectivity index (χ3n) is 1.67. The maximum Gasteiger partial charge on any atom is 0.328 e. The predicted octanol–water partition coefficient (Wildman–Crippen LogP) is -0.513. The Labute approximate surface area is 77.6 Å². The Morgan fingerprint density at radius 1 is 1.85 bits per heavy atom. The fourth-order valence-electron chi connectivity index (χ4n) is 1.03. The van der Waals surface area contributed by atoms with Crippen LogP contribution in [0.4, 0.5) is 0 Å². The number of ether oxygens (including phenoxy) is 1. The largest absolute Gasteiger partial charge is 0.464 e. The quantitative estimate of drug-likeness (QED) is 0.581. The molecule has 0 amide bonds. The summed E-state index contributed by atoms with van der Waals surface area (Å²) in [5.74, 6) is 0.430. The number of esters is 1. The Hall–Kier alpha value is -1.26. The highest BCUT2D eigenvalue weighted by Gasteiger charge is 2.16. The van der Waals surface area contributed by atoms with E-state index in [4.69, 9.17) is 4.74 Å². The summed E-state index contributed by atoms with van der Waals surface area (Å²) in [5, 5.41) is 5.94. The van der Waals surface area contributed by atoms with Gasteiger partial charge in [-0.2, -0.15) is 0 Å². The van der Waals surface area contributed by atoms with Crippen LogP contribution >= 0.6 is 0 Å². The lowest BCUT2D eigenvalue weighted by Crippen LogP contribution is -2.44. The maximum absolute atomic E-state index is 11.2. The molecule has 0 aromatic carbocycles. The molecule has 0 saturated heterocycles. The SMILES string of the molecule is CCOC(=O)C(C)NC1=NCCN1. The van der Waals surface area contributed by atoms with Crippen LogP contribution in [0.5, 0.6) is 0 Å². The molecule has 5 nitrogen and oxygen atoms in total. The average Bonchev–Trinajstić information content (AvgIpc) is 2.57. The van der Waals surface area contributed by atoms with Crippen LogP contribution in [0.2, 0.25) is 0 Å². The molecule has 5 heteroatoms. The Kier molecular flexibility index (Phi) is 3.54. The first-order valence-electron chi connectivity index (χ1n) is 4.45. The molecule has 1 aliphatic rings. The van der Waals surface area contributed by atoms with Crippen LogP contribution in [0.3, 0.4) is 0 Å². The standard InChI is InChI=1S/C8H15N3O2/c1-3-13-7(12)6(2)11-8-9-4-5-10-8/h6H,3-5H2,1-2H3,(H2,9,10,11). The van der Waals surface area contributed by atoms with E-state index in [1.165, 1.54) is 0 Å². The second-order valence-electron chi connectivity index (χ2n) is 2.78. The van der Waals surface area contributed by atoms with Gasteiger partial charge in [-0.25, -0.2) is 4.79 Å². The van der Waals surface area contributed by atoms with E-state index in [1.807, 2.05) is 0 Å². The molecule has 0 radical (unpaired) electrons. The summed E-state index contributed by atoms with van der Waals surface area (Å²) in [6.45, 7) is 5.54. The number of carbonyl (C=O) groups excluding carboxylic acids is 1. The first kappa shape index (κ1) is 9.83. The molecule has 0 saturated carbocycles. The normalized spacial score (nSPS) is 17.2. The van der Waals surface area contributed by atoms with Gasteiger partial charge in [0.05, 0.1) is 13.2 Å². The van der Waals surface area contributed by atoms with Crippen molar-refractivity contribution in [2.75, 3.05) is 19.7 Å². The number of guanidine groups is 1. The van der Waals surface area contributed by atoms with Gasteiger partial charge < -0.3 is 15.4 Å². The smallest absolute Gasteiger partial charge is 0.328 e. The molecule has 0 aromatic heterocycles. The van der Waals surface area contributed by atoms with Crippen molar-refractivity contribution in [3.63, 3.8) is 0 Å². The third kappa shape index (κ3) is 2.93. The van der Waals surface area contributed by atoms with Crippen molar-refractivity contribution < 1.29 is 9.53 Å². The van der Waals surface area contributed by atoms with Crippen molar-refractivity contribution >= 4 is 11.9 Å². The fraction of sp³-hybridized carbons (Fsp3) is 0.750. The lowest BCUT2D eigenvalue weighted by atomic mass is 10.3. The van der Waals surface area contributed by atoms with E-state index in [1.54, 1.807) is 13.8 Å². The van der Waals surface area contributed by atoms with Crippen LogP contribution in [-0.2, 0) is 9.53 Å². The van der Waals surface area contributed by atoms with Crippen LogP contribution in [0.1, 0.15) is 13.8 Å². The second kappa shape index (κ2) is 4.69. The van der Waals surface area contributed by atoms with E-state index < -0.39 is 0 Å². The summed E-state index contributed by atoms with van der Waals surface area (Å²) in [4.78, 5) is 15.3. The Morgan fingerprint density at radius 3 is 3.15 bits per heavy atom. The molecule has 2 N–H and O–H groups in total. The molecule has 1 heterocycles. The van der Waals surface area contributed by atoms with Crippen molar-refractivity contribution in [1.29, 1.82) is 0 Å². The second-order valence-corrected chi connectivity index (χ2v) is 2.78. The van der Waals surface area contributed by atoms with Crippen molar-refractivity contribution in [2.24, 2.45) is 4.99 Å². The summed E-state index contributed by atoms with van der Waals surface area (Å²) >= 11 is 0. The van der Waals surface area contributed by atoms with Gasteiger partial charge in [0.1, 0.15) is 6.04 Å². The zero-order chi connectivity index (χ0) is 9.68. The molecule has 0 spiro atoms. The van der Waals surface area contributed by atoms with Gasteiger partial charge in [0.25, 0.3) is 0 Å². The highest BCUT2D eigenvalue weighted by Crippen LogP contribution is 1.90. The number of carbonyl (C=O) groups is 1. The lowest BCUT2D eigenvalue weighted by Gasteiger charge is -2.13. The first-order valence-corrected chi connectivity index (χ1v) is 4.45. The van der Waals surface area contributed by atoms with Crippen LogP contribution in [0.25, 0.3) is 0 Å². The highest BCUT2D eigenvalue weighted by atomic mass is 16.5. The minimum Gasteiger partial charge on any atom is -0.464 e. The molecule has 1 unspecified atom stereocenters. The van der Waals surface area contributed by atoms with Crippen molar-refractivity contribution in [3.05, 3.63) is 0 Å². The first-order chi connectivity index (χ1) is 6.24. The monoisotopic (exact) mass is 185 g/mol. The van der Waals surface area contributed by atoms with Crippen LogP contribution < -0.4 is 10.6 Å². The van der Waals surface area contributed by atoms with Crippen molar-refractivity contribution in [3.8, 4) is 0 Å². The highest BCUT2D eigenvalue weighted by molar-refractivity contribution is 5.86. The molecule has 1 rings (SSSR count). The van der Waals surface area contributed by atoms with Gasteiger partial charge in [-0.3, -0.25) is 4.99 Å². The van der Waals surface area contributed by atoms with E-state index in [-0.39, 0.29) is 12.0 Å². The number of rotatable bonds is 3. The zero-order valence-corrected chi connectivity index (χ0v) is 7.96. The van der Waals surface area contributed by atoms with Crippen LogP contribution in [-0.4, -0.2) is 37.7 Å². The van der Waals surface area contributed by atoms with E-state index in [9.17, 15) is 4.79 Å². The van der Waals surface area contributed by atoms with E-state index >= 15 is 0 Å². The summed E-state index contributed by atoms with van der Waals surface area (Å²) in [6, 6.07) is -0.343. The predicted molar refractivity (Wildman–Crippen MR) is 49.5 cm³/mol. The Balaban J connectivity index is 2.31. The fourth-order valence-corrected chi connectivity index (χ4v) is 1.03. The average molecular weight is 185 g/mol. The van der Waals surface area contributed by atoms with E-state index in [2.05, 4.69) is 15.6 Å². The number of nitrogens with zero attached hydrogens (tertiary/aromatic N) is 1. The molecule has 1 aliphatic heterocycles. The summed E-state index contributed by atoms with van der Waals surface area (Å²) in [5.41, 5.74) is 0. The number of aliphatic imine (C=N–C) groups is 1. The topological polar surface area (TPSA) is 62.7 Å². The molecule has 1 atom stereocenters. The third-order valence-corrected chi connectivity index (χ3v) is 1.67. The molecule has 0 fully saturated rings. The van der Waals surface area contributed by atoms with E-state index in [0.717, 1.165) is 13.1 Å². The van der Waals surface area contributed by atoms with Gasteiger partial charge in [0.2, 0.25) is 0 Å². The Morgan fingerprint density at radius 2 is 2.62 bits per heavy atom. The number of nitrogens with one attached hydrogen (secondary N) is 2. The summed E-state index contributed by atoms with van der Waals surface area (Å²) < 4.78 is 4.83. The number of hydrogen-bond donors (Lipinski definition) is 2. The molecular formula is C8H15N3O2. The molecule has 13 heavy (non-hydrogen) atoms. The molecular weight excluding hydrogens is 170 g/mol. The van der Waals surface area contributed by atoms with Gasteiger partial charge in [-0.1, -0.05) is 0 Å². The van der Waals surface area contributed by atoms with Gasteiger partial charge in [-0.05, 0) is 13.8 Å². The summed E-state index contributed by atoms with van der Waals surface area (Å²) in [6.07, 6.45) is 0. The summed E-state index contributed by atoms with van der Waals surface area (Å²) in [7, 11) is 0. The zero-order valence-electron chi connectivity index (χ0n) is 7.96. The molecule has 74 valence electrons. The van der Waals surface area contributed by atoms with Gasteiger partial charge >= 0.3 is 5.97 Å². The number of hydrogen-bond acceptors (Lipinski definition) is 5. The maximum atomic E-state index is 11.2. The van der Waals surface area contributed by atoms with Gasteiger partial charge in [0.15, 0.2) is 5.96 Å². The van der Waals surface area contributed by atoms with Gasteiger partial charge in [-0.15, -0.1) is 0 Å². The lowest BCUT2D eigenvalue weighted by molar-refractivity contribution is -0.144. The van der Waals surface area contributed by atoms with Crippen molar-refractivity contribution in [2.45, 2.75) is 19.9 Å². The Bertz CT molecular complexity index is 215. The van der Waals surface area contributed by atoms with Crippen LogP contribution in [0.15, 0.2) is 4.99 Å². The minimum absolute atomic E-state index is 0.251. The van der Waals surface area contributed by atoms with Crippen molar-refractivity contribution in [1.82, 2.24) is 10.6 Å². The molecule has 0 aromatic rings. The molecule has 0 aliphatic carbocycles.